The number of amides is 1. The molecule has 1 atom stereocenters. The number of carbonyl (C=O) groups excluding carboxylic acids is 1. The SMILES string of the molecule is CN=C(NCCC(=O)N(C)Cc1ccccc1)NC1CCN(c2ccc(F)cc2F)C1. The Morgan fingerprint density at radius 1 is 1.23 bits per heavy atom. The van der Waals surface area contributed by atoms with Gasteiger partial charge in [0.2, 0.25) is 5.91 Å². The normalized spacial score (nSPS) is 16.3. The summed E-state index contributed by atoms with van der Waals surface area (Å²) in [6, 6.07) is 13.6. The van der Waals surface area contributed by atoms with E-state index in [9.17, 15) is 13.6 Å². The third-order valence-corrected chi connectivity index (χ3v) is 5.32. The highest BCUT2D eigenvalue weighted by molar-refractivity contribution is 5.81. The predicted octanol–water partition coefficient (Wildman–Crippen LogP) is 2.76. The number of nitrogens with one attached hydrogen (secondary N) is 2. The van der Waals surface area contributed by atoms with E-state index in [4.69, 9.17) is 0 Å². The second-order valence-corrected chi connectivity index (χ2v) is 7.66. The fourth-order valence-electron chi connectivity index (χ4n) is 3.65. The van der Waals surface area contributed by atoms with Gasteiger partial charge in [-0.25, -0.2) is 8.78 Å². The molecule has 1 amide bonds. The largest absolute Gasteiger partial charge is 0.367 e. The lowest BCUT2D eigenvalue weighted by Crippen LogP contribution is -2.45. The topological polar surface area (TPSA) is 60.0 Å². The number of hydrogen-bond acceptors (Lipinski definition) is 3. The molecule has 8 heteroatoms. The first-order valence-electron chi connectivity index (χ1n) is 10.4. The van der Waals surface area contributed by atoms with Gasteiger partial charge in [-0.2, -0.15) is 0 Å². The first-order valence-corrected chi connectivity index (χ1v) is 10.4. The summed E-state index contributed by atoms with van der Waals surface area (Å²) in [5, 5.41) is 6.48. The Kier molecular flexibility index (Phi) is 7.81. The number of benzene rings is 2. The molecule has 31 heavy (non-hydrogen) atoms. The summed E-state index contributed by atoms with van der Waals surface area (Å²) < 4.78 is 27.2. The zero-order valence-corrected chi connectivity index (χ0v) is 17.9. The summed E-state index contributed by atoms with van der Waals surface area (Å²) >= 11 is 0. The zero-order chi connectivity index (χ0) is 22.2. The van der Waals surface area contributed by atoms with E-state index in [2.05, 4.69) is 15.6 Å². The van der Waals surface area contributed by atoms with Crippen molar-refractivity contribution in [3.05, 3.63) is 65.7 Å². The fourth-order valence-corrected chi connectivity index (χ4v) is 3.65. The highest BCUT2D eigenvalue weighted by Crippen LogP contribution is 2.24. The standard InChI is InChI=1S/C23H29F2N5O/c1-26-23(27-12-10-22(31)29(2)15-17-6-4-3-5-7-17)28-19-11-13-30(16-19)21-9-8-18(24)14-20(21)25/h3-9,14,19H,10-13,15-16H2,1-2H3,(H2,26,27,28). The molecule has 0 saturated carbocycles. The summed E-state index contributed by atoms with van der Waals surface area (Å²) in [5.41, 5.74) is 1.49. The van der Waals surface area contributed by atoms with Gasteiger partial charge in [-0.3, -0.25) is 9.79 Å². The molecule has 1 aliphatic rings. The van der Waals surface area contributed by atoms with Crippen LogP contribution in [-0.2, 0) is 11.3 Å². The van der Waals surface area contributed by atoms with Gasteiger partial charge in [0.25, 0.3) is 0 Å². The molecule has 0 spiro atoms. The second-order valence-electron chi connectivity index (χ2n) is 7.66. The quantitative estimate of drug-likeness (QED) is 0.525. The summed E-state index contributed by atoms with van der Waals surface area (Å²) in [7, 11) is 3.47. The summed E-state index contributed by atoms with van der Waals surface area (Å²) in [6.07, 6.45) is 1.15. The molecule has 2 aromatic rings. The van der Waals surface area contributed by atoms with Gasteiger partial charge >= 0.3 is 0 Å². The molecule has 0 bridgehead atoms. The van der Waals surface area contributed by atoms with E-state index in [1.165, 1.54) is 12.1 Å². The Balaban J connectivity index is 1.42. The second kappa shape index (κ2) is 10.7. The molecular formula is C23H29F2N5O. The van der Waals surface area contributed by atoms with Crippen LogP contribution in [0.3, 0.4) is 0 Å². The Labute approximate surface area is 182 Å². The van der Waals surface area contributed by atoms with E-state index in [-0.39, 0.29) is 11.9 Å². The minimum absolute atomic E-state index is 0.0469. The van der Waals surface area contributed by atoms with Gasteiger partial charge in [0.05, 0.1) is 5.69 Å². The van der Waals surface area contributed by atoms with E-state index >= 15 is 0 Å². The predicted molar refractivity (Wildman–Crippen MR) is 119 cm³/mol. The third-order valence-electron chi connectivity index (χ3n) is 5.32. The van der Waals surface area contributed by atoms with Crippen molar-refractivity contribution in [2.24, 2.45) is 4.99 Å². The van der Waals surface area contributed by atoms with Gasteiger partial charge in [0.1, 0.15) is 11.6 Å². The smallest absolute Gasteiger partial charge is 0.224 e. The Hall–Kier alpha value is -3.16. The van der Waals surface area contributed by atoms with Gasteiger partial charge in [0, 0.05) is 58.8 Å². The Bertz CT molecular complexity index is 906. The van der Waals surface area contributed by atoms with Crippen molar-refractivity contribution in [3.8, 4) is 0 Å². The van der Waals surface area contributed by atoms with Crippen LogP contribution in [0.4, 0.5) is 14.5 Å². The maximum Gasteiger partial charge on any atom is 0.224 e. The molecule has 6 nitrogen and oxygen atoms in total. The van der Waals surface area contributed by atoms with E-state index < -0.39 is 11.6 Å². The van der Waals surface area contributed by atoms with Crippen molar-refractivity contribution >= 4 is 17.6 Å². The molecule has 1 heterocycles. The molecule has 1 aliphatic heterocycles. The van der Waals surface area contributed by atoms with E-state index in [0.29, 0.717) is 44.2 Å². The first-order chi connectivity index (χ1) is 15.0. The molecule has 0 aromatic heterocycles. The van der Waals surface area contributed by atoms with E-state index in [1.54, 1.807) is 19.0 Å². The fraction of sp³-hybridized carbons (Fsp3) is 0.391. The van der Waals surface area contributed by atoms with Crippen molar-refractivity contribution in [3.63, 3.8) is 0 Å². The van der Waals surface area contributed by atoms with Crippen LogP contribution < -0.4 is 15.5 Å². The Morgan fingerprint density at radius 3 is 2.71 bits per heavy atom. The van der Waals surface area contributed by atoms with Crippen LogP contribution in [0.2, 0.25) is 0 Å². The monoisotopic (exact) mass is 429 g/mol. The van der Waals surface area contributed by atoms with Crippen LogP contribution in [0.5, 0.6) is 0 Å². The molecule has 0 radical (unpaired) electrons. The molecular weight excluding hydrogens is 400 g/mol. The van der Waals surface area contributed by atoms with Crippen molar-refractivity contribution in [1.29, 1.82) is 0 Å². The molecule has 0 aliphatic carbocycles. The Morgan fingerprint density at radius 2 is 2.00 bits per heavy atom. The highest BCUT2D eigenvalue weighted by atomic mass is 19.1. The number of guanidine groups is 1. The van der Waals surface area contributed by atoms with Gasteiger partial charge in [0.15, 0.2) is 5.96 Å². The van der Waals surface area contributed by atoms with E-state index in [0.717, 1.165) is 18.1 Å². The van der Waals surface area contributed by atoms with Crippen LogP contribution in [0, 0.1) is 11.6 Å². The minimum Gasteiger partial charge on any atom is -0.367 e. The number of hydrogen-bond donors (Lipinski definition) is 2. The lowest BCUT2D eigenvalue weighted by molar-refractivity contribution is -0.130. The number of halogens is 2. The molecule has 166 valence electrons. The summed E-state index contributed by atoms with van der Waals surface area (Å²) in [6.45, 7) is 2.28. The lowest BCUT2D eigenvalue weighted by atomic mass is 10.2. The number of rotatable bonds is 7. The minimum atomic E-state index is -0.580. The van der Waals surface area contributed by atoms with Crippen molar-refractivity contribution in [2.45, 2.75) is 25.4 Å². The molecule has 3 rings (SSSR count). The van der Waals surface area contributed by atoms with Crippen LogP contribution in [0.25, 0.3) is 0 Å². The maximum atomic E-state index is 14.0. The van der Waals surface area contributed by atoms with Gasteiger partial charge in [-0.1, -0.05) is 30.3 Å². The number of aliphatic imine (C=N–C) groups is 1. The van der Waals surface area contributed by atoms with Crippen LogP contribution in [-0.4, -0.2) is 56.5 Å². The van der Waals surface area contributed by atoms with Gasteiger partial charge in [-0.15, -0.1) is 0 Å². The van der Waals surface area contributed by atoms with Crippen molar-refractivity contribution in [1.82, 2.24) is 15.5 Å². The molecule has 2 aromatic carbocycles. The molecule has 2 N–H and O–H groups in total. The van der Waals surface area contributed by atoms with Crippen LogP contribution >= 0.6 is 0 Å². The lowest BCUT2D eigenvalue weighted by Gasteiger charge is -2.21. The molecule has 1 saturated heterocycles. The van der Waals surface area contributed by atoms with Crippen molar-refractivity contribution in [2.75, 3.05) is 38.6 Å². The van der Waals surface area contributed by atoms with Crippen LogP contribution in [0.15, 0.2) is 53.5 Å². The van der Waals surface area contributed by atoms with Gasteiger partial charge in [-0.05, 0) is 24.1 Å². The number of nitrogens with zero attached hydrogens (tertiary/aromatic N) is 3. The highest BCUT2D eigenvalue weighted by Gasteiger charge is 2.25. The summed E-state index contributed by atoms with van der Waals surface area (Å²) in [5.74, 6) is -0.486. The number of anilines is 1. The average molecular weight is 430 g/mol. The number of carbonyl (C=O) groups is 1. The third kappa shape index (κ3) is 6.41. The zero-order valence-electron chi connectivity index (χ0n) is 17.9. The summed E-state index contributed by atoms with van der Waals surface area (Å²) in [4.78, 5) is 20.2. The van der Waals surface area contributed by atoms with Crippen LogP contribution in [0.1, 0.15) is 18.4 Å². The molecule has 1 unspecified atom stereocenters. The van der Waals surface area contributed by atoms with Crippen molar-refractivity contribution < 1.29 is 13.6 Å². The first kappa shape index (κ1) is 22.5. The van der Waals surface area contributed by atoms with E-state index in [1.807, 2.05) is 35.2 Å². The average Bonchev–Trinajstić information content (AvgIpc) is 3.21. The maximum absolute atomic E-state index is 14.0. The van der Waals surface area contributed by atoms with Gasteiger partial charge < -0.3 is 20.4 Å². The molecule has 1 fully saturated rings.